The van der Waals surface area contributed by atoms with Crippen LogP contribution < -0.4 is 4.31 Å². The number of aryl methyl sites for hydroxylation is 1. The first-order valence-corrected chi connectivity index (χ1v) is 9.30. The van der Waals surface area contributed by atoms with E-state index in [0.717, 1.165) is 16.0 Å². The molecule has 0 amide bonds. The van der Waals surface area contributed by atoms with Gasteiger partial charge in [-0.15, -0.1) is 11.3 Å². The van der Waals surface area contributed by atoms with Crippen molar-refractivity contribution in [3.05, 3.63) is 71.1 Å². The molecule has 0 aliphatic carbocycles. The first-order valence-electron chi connectivity index (χ1n) is 7.36. The van der Waals surface area contributed by atoms with Crippen LogP contribution in [0.5, 0.6) is 0 Å². The molecule has 1 aromatic heterocycles. The molecule has 3 rings (SSSR count). The molecule has 5 nitrogen and oxygen atoms in total. The third kappa shape index (κ3) is 3.63. The lowest BCUT2D eigenvalue weighted by atomic mass is 10.1. The molecule has 7 heteroatoms. The van der Waals surface area contributed by atoms with Crippen molar-refractivity contribution in [1.29, 1.82) is 0 Å². The molecule has 3 aromatic rings. The minimum absolute atomic E-state index is 0.221. The molecule has 0 saturated heterocycles. The molecule has 0 spiro atoms. The molecule has 25 heavy (non-hydrogen) atoms. The average Bonchev–Trinajstić information content (AvgIpc) is 3.06. The Bertz CT molecular complexity index is 934. The zero-order valence-electron chi connectivity index (χ0n) is 13.2. The Morgan fingerprint density at radius 3 is 2.40 bits per heavy atom. The molecule has 0 radical (unpaired) electrons. The quantitative estimate of drug-likeness (QED) is 0.636. The summed E-state index contributed by atoms with van der Waals surface area (Å²) in [6, 6.07) is 15.7. The number of carboxylic acid groups (broad SMARTS) is 1. The van der Waals surface area contributed by atoms with Crippen molar-refractivity contribution in [2.24, 2.45) is 0 Å². The van der Waals surface area contributed by atoms with E-state index in [-0.39, 0.29) is 5.56 Å². The fourth-order valence-corrected chi connectivity index (χ4v) is 4.07. The number of benzene rings is 2. The lowest BCUT2D eigenvalue weighted by molar-refractivity contribution is 0.0697. The average molecular weight is 373 g/mol. The third-order valence-electron chi connectivity index (χ3n) is 3.73. The van der Waals surface area contributed by atoms with Gasteiger partial charge in [-0.1, -0.05) is 30.3 Å². The van der Waals surface area contributed by atoms with Gasteiger partial charge in [0.1, 0.15) is 0 Å². The summed E-state index contributed by atoms with van der Waals surface area (Å²) in [7, 11) is 0. The molecular formula is C18H15NO4S2. The van der Waals surface area contributed by atoms with Crippen molar-refractivity contribution >= 4 is 39.9 Å². The Labute approximate surface area is 151 Å². The zero-order valence-corrected chi connectivity index (χ0v) is 14.9. The highest BCUT2D eigenvalue weighted by molar-refractivity contribution is 7.81. The summed E-state index contributed by atoms with van der Waals surface area (Å²) in [6.07, 6.45) is 0. The fraction of sp³-hybridized carbons (Fsp3) is 0.0556. The van der Waals surface area contributed by atoms with Crippen LogP contribution in [0.4, 0.5) is 11.4 Å². The fourth-order valence-electron chi connectivity index (χ4n) is 2.47. The molecule has 2 N–H and O–H groups in total. The van der Waals surface area contributed by atoms with Gasteiger partial charge in [0.15, 0.2) is 0 Å². The lowest BCUT2D eigenvalue weighted by Crippen LogP contribution is -2.19. The monoisotopic (exact) mass is 373 g/mol. The minimum atomic E-state index is -2.21. The summed E-state index contributed by atoms with van der Waals surface area (Å²) >= 11 is -0.778. The summed E-state index contributed by atoms with van der Waals surface area (Å²) in [5.74, 6) is -0.972. The summed E-state index contributed by atoms with van der Waals surface area (Å²) in [4.78, 5) is 11.8. The second kappa shape index (κ2) is 7.18. The van der Waals surface area contributed by atoms with Gasteiger partial charge in [0.25, 0.3) is 11.3 Å². The second-order valence-corrected chi connectivity index (χ2v) is 7.10. The minimum Gasteiger partial charge on any atom is -0.478 e. The molecule has 0 aliphatic rings. The molecule has 2 aromatic carbocycles. The zero-order chi connectivity index (χ0) is 18.0. The van der Waals surface area contributed by atoms with E-state index < -0.39 is 17.2 Å². The van der Waals surface area contributed by atoms with Gasteiger partial charge in [0.2, 0.25) is 0 Å². The highest BCUT2D eigenvalue weighted by Gasteiger charge is 2.19. The van der Waals surface area contributed by atoms with Crippen LogP contribution in [0.1, 0.15) is 15.9 Å². The largest absolute Gasteiger partial charge is 0.478 e. The maximum Gasteiger partial charge on any atom is 0.335 e. The van der Waals surface area contributed by atoms with Crippen LogP contribution in [0.25, 0.3) is 10.4 Å². The first-order chi connectivity index (χ1) is 12.0. The molecule has 0 saturated carbocycles. The van der Waals surface area contributed by atoms with Gasteiger partial charge in [0, 0.05) is 10.3 Å². The molecule has 0 bridgehead atoms. The Morgan fingerprint density at radius 1 is 1.12 bits per heavy atom. The molecule has 1 unspecified atom stereocenters. The maximum atomic E-state index is 11.9. The molecular weight excluding hydrogens is 358 g/mol. The van der Waals surface area contributed by atoms with E-state index in [1.807, 2.05) is 31.2 Å². The molecule has 128 valence electrons. The van der Waals surface area contributed by atoms with Crippen molar-refractivity contribution in [1.82, 2.24) is 0 Å². The molecule has 1 atom stereocenters. The Kier molecular flexibility index (Phi) is 4.98. The predicted octanol–water partition coefficient (Wildman–Crippen LogP) is 4.70. The molecule has 0 fully saturated rings. The third-order valence-corrected chi connectivity index (χ3v) is 5.41. The van der Waals surface area contributed by atoms with Crippen molar-refractivity contribution in [2.75, 3.05) is 4.31 Å². The second-order valence-electron chi connectivity index (χ2n) is 5.36. The first kappa shape index (κ1) is 17.3. The predicted molar refractivity (Wildman–Crippen MR) is 101 cm³/mol. The van der Waals surface area contributed by atoms with Gasteiger partial charge in [-0.3, -0.25) is 4.55 Å². The smallest absolute Gasteiger partial charge is 0.335 e. The van der Waals surface area contributed by atoms with E-state index in [0.29, 0.717) is 11.4 Å². The number of carboxylic acids is 1. The van der Waals surface area contributed by atoms with Crippen LogP contribution in [0.15, 0.2) is 60.0 Å². The van der Waals surface area contributed by atoms with Gasteiger partial charge in [-0.2, -0.15) is 0 Å². The highest BCUT2D eigenvalue weighted by Crippen LogP contribution is 2.36. The lowest BCUT2D eigenvalue weighted by Gasteiger charge is -2.20. The number of rotatable bonds is 5. The number of hydrogen-bond acceptors (Lipinski definition) is 3. The van der Waals surface area contributed by atoms with Gasteiger partial charge in [-0.05, 0) is 42.3 Å². The van der Waals surface area contributed by atoms with Crippen LogP contribution >= 0.6 is 11.3 Å². The van der Waals surface area contributed by atoms with E-state index in [1.165, 1.54) is 15.6 Å². The van der Waals surface area contributed by atoms with Crippen LogP contribution in [0.3, 0.4) is 0 Å². The molecule has 1 heterocycles. The van der Waals surface area contributed by atoms with Crippen LogP contribution in [-0.2, 0) is 11.3 Å². The highest BCUT2D eigenvalue weighted by atomic mass is 32.2. The number of aromatic carboxylic acids is 1. The Morgan fingerprint density at radius 2 is 1.80 bits per heavy atom. The van der Waals surface area contributed by atoms with Gasteiger partial charge >= 0.3 is 5.97 Å². The van der Waals surface area contributed by atoms with E-state index in [1.54, 1.807) is 35.7 Å². The van der Waals surface area contributed by atoms with Crippen molar-refractivity contribution in [3.63, 3.8) is 0 Å². The van der Waals surface area contributed by atoms with Gasteiger partial charge in [0.05, 0.1) is 16.9 Å². The summed E-state index contributed by atoms with van der Waals surface area (Å²) in [5, 5.41) is 10.8. The van der Waals surface area contributed by atoms with E-state index in [9.17, 15) is 13.6 Å². The number of anilines is 2. The number of carbonyl (C=O) groups is 1. The van der Waals surface area contributed by atoms with E-state index in [4.69, 9.17) is 5.11 Å². The van der Waals surface area contributed by atoms with Crippen LogP contribution in [-0.4, -0.2) is 19.8 Å². The Balaban J connectivity index is 1.97. The summed E-state index contributed by atoms with van der Waals surface area (Å²) in [5.41, 5.74) is 3.24. The van der Waals surface area contributed by atoms with Gasteiger partial charge in [-0.25, -0.2) is 13.3 Å². The van der Waals surface area contributed by atoms with E-state index in [2.05, 4.69) is 0 Å². The number of thiophene rings is 1. The van der Waals surface area contributed by atoms with Crippen LogP contribution in [0, 0.1) is 6.92 Å². The van der Waals surface area contributed by atoms with Crippen LogP contribution in [0.2, 0.25) is 0 Å². The Hall–Kier alpha value is -2.48. The normalized spacial score (nSPS) is 11.9. The standard InChI is InChI=1S/C18H15NO4S2/c1-12-4-2-3-5-16(12)19(25(22)23)15-10-17(24-11-15)13-6-8-14(9-7-13)18(20)21/h2-11H,1H3,(H,20,21)(H,22,23). The number of nitrogens with zero attached hydrogens (tertiary/aromatic N) is 1. The number of para-hydroxylation sites is 1. The van der Waals surface area contributed by atoms with Crippen molar-refractivity contribution in [3.8, 4) is 10.4 Å². The SMILES string of the molecule is Cc1ccccc1N(c1csc(-c2ccc(C(=O)O)cc2)c1)S(=O)O. The van der Waals surface area contributed by atoms with Gasteiger partial charge < -0.3 is 5.11 Å². The topological polar surface area (TPSA) is 77.8 Å². The summed E-state index contributed by atoms with van der Waals surface area (Å²) < 4.78 is 23.0. The van der Waals surface area contributed by atoms with Crippen molar-refractivity contribution in [2.45, 2.75) is 6.92 Å². The molecule has 0 aliphatic heterocycles. The van der Waals surface area contributed by atoms with Crippen molar-refractivity contribution < 1.29 is 18.7 Å². The maximum absolute atomic E-state index is 11.9. The van der Waals surface area contributed by atoms with E-state index >= 15 is 0 Å². The number of hydrogen-bond donors (Lipinski definition) is 2. The summed E-state index contributed by atoms with van der Waals surface area (Å²) in [6.45, 7) is 1.88.